The van der Waals surface area contributed by atoms with E-state index in [1.165, 1.54) is 13.8 Å². The summed E-state index contributed by atoms with van der Waals surface area (Å²) < 4.78 is 28.7. The van der Waals surface area contributed by atoms with Crippen LogP contribution in [0.25, 0.3) is 0 Å². The van der Waals surface area contributed by atoms with Crippen LogP contribution in [0, 0.1) is 16.7 Å². The van der Waals surface area contributed by atoms with Crippen molar-refractivity contribution >= 4 is 10.1 Å². The molecule has 0 atom stereocenters. The molecule has 1 N–H and O–H groups in total. The Morgan fingerprint density at radius 2 is 2.00 bits per heavy atom. The summed E-state index contributed by atoms with van der Waals surface area (Å²) in [5.74, 6) is -0.517. The molecule has 4 nitrogen and oxygen atoms in total. The summed E-state index contributed by atoms with van der Waals surface area (Å²) in [7, 11) is -4.02. The highest BCUT2D eigenvalue weighted by atomic mass is 32.2. The number of rotatable bonds is 2. The van der Waals surface area contributed by atoms with Gasteiger partial charge < -0.3 is 0 Å². The quantitative estimate of drug-likeness (QED) is 0.598. The van der Waals surface area contributed by atoms with Gasteiger partial charge in [-0.05, 0) is 13.8 Å². The lowest BCUT2D eigenvalue weighted by Crippen LogP contribution is -2.21. The average Bonchev–Trinajstić information content (AvgIpc) is 1.60. The van der Waals surface area contributed by atoms with Gasteiger partial charge in [-0.2, -0.15) is 13.7 Å². The van der Waals surface area contributed by atoms with Crippen molar-refractivity contribution in [1.29, 1.82) is 5.26 Å². The van der Waals surface area contributed by atoms with Crippen molar-refractivity contribution in [3.05, 3.63) is 0 Å². The molecule has 0 aromatic rings. The summed E-state index contributed by atoms with van der Waals surface area (Å²) in [4.78, 5) is 0. The van der Waals surface area contributed by atoms with Gasteiger partial charge in [0.15, 0.2) is 0 Å². The van der Waals surface area contributed by atoms with E-state index in [0.717, 1.165) is 0 Å². The number of hydrogen-bond acceptors (Lipinski definition) is 3. The fraction of sp³-hybridized carbons (Fsp3) is 0.800. The molecular formula is C5H9NO3S. The summed E-state index contributed by atoms with van der Waals surface area (Å²) in [6, 6.07) is 1.76. The highest BCUT2D eigenvalue weighted by Crippen LogP contribution is 2.14. The monoisotopic (exact) mass is 163 g/mol. The van der Waals surface area contributed by atoms with E-state index in [1.54, 1.807) is 6.07 Å². The third-order valence-corrected chi connectivity index (χ3v) is 1.93. The predicted molar refractivity (Wildman–Crippen MR) is 35.8 cm³/mol. The van der Waals surface area contributed by atoms with Crippen molar-refractivity contribution in [3.8, 4) is 6.07 Å². The predicted octanol–water partition coefficient (Wildman–Crippen LogP) is 0.424. The Bertz CT molecular complexity index is 247. The molecule has 0 heterocycles. The van der Waals surface area contributed by atoms with Crippen molar-refractivity contribution in [3.63, 3.8) is 0 Å². The molecule has 0 saturated heterocycles. The second kappa shape index (κ2) is 2.56. The Morgan fingerprint density at radius 3 is 2.10 bits per heavy atom. The van der Waals surface area contributed by atoms with Gasteiger partial charge >= 0.3 is 0 Å². The Kier molecular flexibility index (Phi) is 2.41. The van der Waals surface area contributed by atoms with Gasteiger partial charge in [0.25, 0.3) is 10.1 Å². The van der Waals surface area contributed by atoms with E-state index in [-0.39, 0.29) is 0 Å². The van der Waals surface area contributed by atoms with Crippen LogP contribution in [0.4, 0.5) is 0 Å². The summed E-state index contributed by atoms with van der Waals surface area (Å²) in [5, 5.41) is 8.33. The molecule has 0 fully saturated rings. The summed E-state index contributed by atoms with van der Waals surface area (Å²) in [6.07, 6.45) is 0. The maximum atomic E-state index is 10.2. The zero-order valence-corrected chi connectivity index (χ0v) is 6.64. The lowest BCUT2D eigenvalue weighted by atomic mass is 10.00. The van der Waals surface area contributed by atoms with E-state index in [2.05, 4.69) is 0 Å². The van der Waals surface area contributed by atoms with Crippen molar-refractivity contribution in [2.45, 2.75) is 13.8 Å². The van der Waals surface area contributed by atoms with Crippen LogP contribution in [-0.2, 0) is 10.1 Å². The molecular weight excluding hydrogens is 154 g/mol. The lowest BCUT2D eigenvalue weighted by molar-refractivity contribution is 0.454. The van der Waals surface area contributed by atoms with Crippen LogP contribution < -0.4 is 0 Å². The first-order chi connectivity index (χ1) is 4.27. The van der Waals surface area contributed by atoms with E-state index < -0.39 is 21.3 Å². The fourth-order valence-corrected chi connectivity index (χ4v) is 1.46. The van der Waals surface area contributed by atoms with Gasteiger partial charge in [-0.25, -0.2) is 0 Å². The van der Waals surface area contributed by atoms with E-state index in [4.69, 9.17) is 9.81 Å². The van der Waals surface area contributed by atoms with Crippen LogP contribution in [0.2, 0.25) is 0 Å². The van der Waals surface area contributed by atoms with Crippen LogP contribution >= 0.6 is 0 Å². The normalized spacial score (nSPS) is 12.6. The zero-order valence-electron chi connectivity index (χ0n) is 5.83. The Hall–Kier alpha value is -0.600. The largest absolute Gasteiger partial charge is 0.285 e. The van der Waals surface area contributed by atoms with Crippen molar-refractivity contribution in [2.75, 3.05) is 5.75 Å². The summed E-state index contributed by atoms with van der Waals surface area (Å²) in [6.45, 7) is 2.89. The standard InChI is InChI=1S/C5H9NO3S/c1-5(2,3-6)4-10(7,8)9/h4H2,1-2H3,(H,7,8,9). The average molecular weight is 163 g/mol. The highest BCUT2D eigenvalue weighted by Gasteiger charge is 2.23. The zero-order chi connectivity index (χ0) is 8.41. The summed E-state index contributed by atoms with van der Waals surface area (Å²) in [5.41, 5.74) is -1.01. The molecule has 10 heavy (non-hydrogen) atoms. The second-order valence-corrected chi connectivity index (χ2v) is 4.17. The Balaban J connectivity index is 4.35. The number of nitriles is 1. The van der Waals surface area contributed by atoms with Gasteiger partial charge in [-0.3, -0.25) is 4.55 Å². The topological polar surface area (TPSA) is 78.2 Å². The second-order valence-electron chi connectivity index (χ2n) is 2.72. The third kappa shape index (κ3) is 4.30. The molecule has 0 unspecified atom stereocenters. The maximum Gasteiger partial charge on any atom is 0.266 e. The molecule has 0 aliphatic carbocycles. The van der Waals surface area contributed by atoms with Crippen LogP contribution in [0.1, 0.15) is 13.8 Å². The highest BCUT2D eigenvalue weighted by molar-refractivity contribution is 7.85. The molecule has 0 spiro atoms. The SMILES string of the molecule is CC(C)(C#N)CS(=O)(=O)O. The van der Waals surface area contributed by atoms with Crippen molar-refractivity contribution in [2.24, 2.45) is 5.41 Å². The summed E-state index contributed by atoms with van der Waals surface area (Å²) >= 11 is 0. The van der Waals surface area contributed by atoms with Crippen LogP contribution in [0.15, 0.2) is 0 Å². The molecule has 0 aliphatic rings. The van der Waals surface area contributed by atoms with Gasteiger partial charge in [0.1, 0.15) is 0 Å². The Labute approximate surface area is 60.2 Å². The van der Waals surface area contributed by atoms with Crippen LogP contribution in [0.3, 0.4) is 0 Å². The molecule has 0 radical (unpaired) electrons. The van der Waals surface area contributed by atoms with Crippen molar-refractivity contribution in [1.82, 2.24) is 0 Å². The van der Waals surface area contributed by atoms with Gasteiger partial charge in [0.05, 0.1) is 17.2 Å². The van der Waals surface area contributed by atoms with E-state index in [1.807, 2.05) is 0 Å². The van der Waals surface area contributed by atoms with Gasteiger partial charge in [0, 0.05) is 0 Å². The van der Waals surface area contributed by atoms with Gasteiger partial charge in [-0.15, -0.1) is 0 Å². The first-order valence-electron chi connectivity index (χ1n) is 2.63. The molecule has 0 bridgehead atoms. The van der Waals surface area contributed by atoms with Crippen LogP contribution in [0.5, 0.6) is 0 Å². The fourth-order valence-electron chi connectivity index (χ4n) is 0.488. The first-order valence-corrected chi connectivity index (χ1v) is 4.24. The molecule has 58 valence electrons. The van der Waals surface area contributed by atoms with E-state index >= 15 is 0 Å². The molecule has 0 rings (SSSR count). The molecule has 0 aromatic carbocycles. The van der Waals surface area contributed by atoms with Crippen LogP contribution in [-0.4, -0.2) is 18.7 Å². The van der Waals surface area contributed by atoms with Gasteiger partial charge in [0.2, 0.25) is 0 Å². The molecule has 5 heteroatoms. The maximum absolute atomic E-state index is 10.2. The first kappa shape index (κ1) is 9.40. The molecule has 0 aromatic heterocycles. The minimum atomic E-state index is -4.02. The molecule has 0 amide bonds. The molecule has 0 saturated carbocycles. The minimum absolute atomic E-state index is 0.517. The minimum Gasteiger partial charge on any atom is -0.285 e. The van der Waals surface area contributed by atoms with Crippen molar-refractivity contribution < 1.29 is 13.0 Å². The Morgan fingerprint density at radius 1 is 1.60 bits per heavy atom. The number of hydrogen-bond donors (Lipinski definition) is 1. The third-order valence-electron chi connectivity index (χ3n) is 0.846. The smallest absolute Gasteiger partial charge is 0.266 e. The van der Waals surface area contributed by atoms with E-state index in [9.17, 15) is 8.42 Å². The molecule has 0 aliphatic heterocycles. The van der Waals surface area contributed by atoms with E-state index in [0.29, 0.717) is 0 Å². The van der Waals surface area contributed by atoms with Gasteiger partial charge in [-0.1, -0.05) is 0 Å². The number of nitrogens with zero attached hydrogens (tertiary/aromatic N) is 1. The lowest BCUT2D eigenvalue weighted by Gasteiger charge is -2.10.